The average molecular weight is 482 g/mol. The summed E-state index contributed by atoms with van der Waals surface area (Å²) in [5.74, 6) is -0.753. The highest BCUT2D eigenvalue weighted by molar-refractivity contribution is 5.87. The van der Waals surface area contributed by atoms with Gasteiger partial charge in [-0.3, -0.25) is 9.59 Å². The van der Waals surface area contributed by atoms with E-state index in [9.17, 15) is 9.59 Å². The Labute approximate surface area is 211 Å². The van der Waals surface area contributed by atoms with Crippen molar-refractivity contribution in [3.8, 4) is 5.69 Å². The highest BCUT2D eigenvalue weighted by Gasteiger charge is 2.21. The van der Waals surface area contributed by atoms with Crippen molar-refractivity contribution in [3.05, 3.63) is 120 Å². The van der Waals surface area contributed by atoms with Gasteiger partial charge in [-0.05, 0) is 35.2 Å². The summed E-state index contributed by atoms with van der Waals surface area (Å²) in [4.78, 5) is 29.1. The molecule has 0 aliphatic rings. The van der Waals surface area contributed by atoms with E-state index in [2.05, 4.69) is 27.8 Å². The molecule has 7 heteroatoms. The van der Waals surface area contributed by atoms with Crippen molar-refractivity contribution >= 4 is 11.8 Å². The molecule has 0 fully saturated rings. The molecule has 4 aromatic rings. The zero-order valence-corrected chi connectivity index (χ0v) is 20.1. The summed E-state index contributed by atoms with van der Waals surface area (Å²) in [6.07, 6.45) is 6.68. The minimum absolute atomic E-state index is 0.119. The monoisotopic (exact) mass is 481 g/mol. The fourth-order valence-electron chi connectivity index (χ4n) is 4.12. The number of nitrogens with two attached hydrogens (primary N) is 1. The number of hydrogen-bond donors (Lipinski definition) is 3. The van der Waals surface area contributed by atoms with Crippen LogP contribution in [0.3, 0.4) is 0 Å². The Bertz CT molecular complexity index is 1230. The molecule has 7 nitrogen and oxygen atoms in total. The number of carbonyl (C=O) groups excluding carboxylic acids is 2. The predicted octanol–water partition coefficient (Wildman–Crippen LogP) is 3.18. The molecule has 0 bridgehead atoms. The maximum atomic E-state index is 13.0. The molecular weight excluding hydrogens is 450 g/mol. The van der Waals surface area contributed by atoms with Crippen molar-refractivity contribution in [2.75, 3.05) is 0 Å². The minimum atomic E-state index is -0.756. The van der Waals surface area contributed by atoms with E-state index in [1.807, 2.05) is 83.6 Å². The van der Waals surface area contributed by atoms with Crippen LogP contribution in [0.4, 0.5) is 0 Å². The van der Waals surface area contributed by atoms with Crippen molar-refractivity contribution in [2.24, 2.45) is 5.73 Å². The number of imidazole rings is 1. The Morgan fingerprint density at radius 2 is 1.47 bits per heavy atom. The molecule has 2 atom stereocenters. The highest BCUT2D eigenvalue weighted by atomic mass is 16.2. The van der Waals surface area contributed by atoms with Gasteiger partial charge in [0.15, 0.2) is 0 Å². The number of amides is 2. The summed E-state index contributed by atoms with van der Waals surface area (Å²) < 4.78 is 1.95. The molecule has 4 N–H and O–H groups in total. The van der Waals surface area contributed by atoms with Crippen LogP contribution in [0.5, 0.6) is 0 Å². The lowest BCUT2D eigenvalue weighted by Crippen LogP contribution is -2.47. The third-order valence-electron chi connectivity index (χ3n) is 6.05. The molecule has 3 aromatic carbocycles. The first-order valence-electron chi connectivity index (χ1n) is 12.0. The molecular formula is C29H31N5O2. The van der Waals surface area contributed by atoms with Crippen LogP contribution in [0.25, 0.3) is 5.69 Å². The van der Waals surface area contributed by atoms with Crippen molar-refractivity contribution in [1.82, 2.24) is 20.2 Å². The molecule has 0 radical (unpaired) electrons. The third-order valence-corrected chi connectivity index (χ3v) is 6.05. The summed E-state index contributed by atoms with van der Waals surface area (Å²) in [7, 11) is 0. The number of nitrogens with one attached hydrogen (secondary N) is 2. The molecule has 36 heavy (non-hydrogen) atoms. The molecule has 2 amide bonds. The lowest BCUT2D eigenvalue weighted by molar-refractivity contribution is -0.127. The molecule has 4 rings (SSSR count). The molecule has 0 saturated carbocycles. The van der Waals surface area contributed by atoms with Crippen LogP contribution in [0, 0.1) is 0 Å². The fraction of sp³-hybridized carbons (Fsp3) is 0.207. The van der Waals surface area contributed by atoms with E-state index in [1.54, 1.807) is 12.5 Å². The minimum Gasteiger partial charge on any atom is -0.368 e. The quantitative estimate of drug-likeness (QED) is 0.289. The van der Waals surface area contributed by atoms with Gasteiger partial charge in [-0.1, -0.05) is 72.8 Å². The number of primary amides is 1. The van der Waals surface area contributed by atoms with E-state index in [0.717, 1.165) is 22.4 Å². The van der Waals surface area contributed by atoms with E-state index in [4.69, 9.17) is 5.73 Å². The van der Waals surface area contributed by atoms with Crippen LogP contribution < -0.4 is 16.4 Å². The van der Waals surface area contributed by atoms with Gasteiger partial charge in [0.1, 0.15) is 6.04 Å². The standard InChI is InChI=1S/C29H31N5O2/c30-29(36)27(18-23-9-5-2-6-10-23)33-28(35)19-25(17-22-7-3-1-4-8-22)32-20-24-11-13-26(14-12-24)34-16-15-31-21-34/h1-16,21,25,27,32H,17-20H2,(H2,30,36)(H,33,35)/t25-,27-/m0/s1. The van der Waals surface area contributed by atoms with Gasteiger partial charge in [-0.15, -0.1) is 0 Å². The second-order valence-corrected chi connectivity index (χ2v) is 8.82. The van der Waals surface area contributed by atoms with Gasteiger partial charge in [-0.2, -0.15) is 0 Å². The molecule has 0 saturated heterocycles. The maximum absolute atomic E-state index is 13.0. The lowest BCUT2D eigenvalue weighted by Gasteiger charge is -2.21. The smallest absolute Gasteiger partial charge is 0.240 e. The zero-order chi connectivity index (χ0) is 25.2. The Kier molecular flexibility index (Phi) is 8.62. The molecule has 1 aromatic heterocycles. The predicted molar refractivity (Wildman–Crippen MR) is 140 cm³/mol. The van der Waals surface area contributed by atoms with Crippen molar-refractivity contribution in [1.29, 1.82) is 0 Å². The fourth-order valence-corrected chi connectivity index (χ4v) is 4.12. The molecule has 1 heterocycles. The average Bonchev–Trinajstić information content (AvgIpc) is 3.43. The SMILES string of the molecule is NC(=O)[C@H](Cc1ccccc1)NC(=O)C[C@H](Cc1ccccc1)NCc1ccc(-n2ccnc2)cc1. The van der Waals surface area contributed by atoms with Crippen LogP contribution in [0.1, 0.15) is 23.1 Å². The summed E-state index contributed by atoms with van der Waals surface area (Å²) in [5, 5.41) is 6.37. The second-order valence-electron chi connectivity index (χ2n) is 8.82. The number of benzene rings is 3. The molecule has 184 valence electrons. The molecule has 0 aliphatic heterocycles. The summed E-state index contributed by atoms with van der Waals surface area (Å²) in [6.45, 7) is 0.609. The highest BCUT2D eigenvalue weighted by Crippen LogP contribution is 2.12. The third kappa shape index (κ3) is 7.38. The van der Waals surface area contributed by atoms with Crippen LogP contribution in [-0.4, -0.2) is 33.4 Å². The Morgan fingerprint density at radius 1 is 0.833 bits per heavy atom. The van der Waals surface area contributed by atoms with Crippen LogP contribution in [0.2, 0.25) is 0 Å². The largest absolute Gasteiger partial charge is 0.368 e. The first kappa shape index (κ1) is 24.9. The lowest BCUT2D eigenvalue weighted by atomic mass is 10.0. The van der Waals surface area contributed by atoms with Gasteiger partial charge in [0, 0.05) is 43.5 Å². The maximum Gasteiger partial charge on any atom is 0.240 e. The van der Waals surface area contributed by atoms with Crippen LogP contribution in [0.15, 0.2) is 104 Å². The number of carbonyl (C=O) groups is 2. The van der Waals surface area contributed by atoms with Crippen molar-refractivity contribution in [2.45, 2.75) is 37.9 Å². The molecule has 0 unspecified atom stereocenters. The van der Waals surface area contributed by atoms with E-state index < -0.39 is 11.9 Å². The number of hydrogen-bond acceptors (Lipinski definition) is 4. The Morgan fingerprint density at radius 3 is 2.06 bits per heavy atom. The van der Waals surface area contributed by atoms with E-state index >= 15 is 0 Å². The van der Waals surface area contributed by atoms with Crippen LogP contribution in [-0.2, 0) is 29.0 Å². The van der Waals surface area contributed by atoms with Crippen molar-refractivity contribution < 1.29 is 9.59 Å². The van der Waals surface area contributed by atoms with Gasteiger partial charge in [0.05, 0.1) is 6.33 Å². The second kappa shape index (κ2) is 12.5. The van der Waals surface area contributed by atoms with E-state index in [0.29, 0.717) is 19.4 Å². The zero-order valence-electron chi connectivity index (χ0n) is 20.1. The number of rotatable bonds is 12. The van der Waals surface area contributed by atoms with E-state index in [1.165, 1.54) is 0 Å². The topological polar surface area (TPSA) is 102 Å². The Hall–Kier alpha value is -4.23. The first-order valence-corrected chi connectivity index (χ1v) is 12.0. The molecule has 0 aliphatic carbocycles. The normalized spacial score (nSPS) is 12.6. The van der Waals surface area contributed by atoms with Gasteiger partial charge in [-0.25, -0.2) is 4.98 Å². The van der Waals surface area contributed by atoms with E-state index in [-0.39, 0.29) is 18.4 Å². The van der Waals surface area contributed by atoms with Crippen LogP contribution >= 0.6 is 0 Å². The summed E-state index contributed by atoms with van der Waals surface area (Å²) >= 11 is 0. The first-order chi connectivity index (χ1) is 17.6. The number of aromatic nitrogens is 2. The van der Waals surface area contributed by atoms with Crippen molar-refractivity contribution in [3.63, 3.8) is 0 Å². The van der Waals surface area contributed by atoms with Gasteiger partial charge < -0.3 is 20.9 Å². The van der Waals surface area contributed by atoms with Gasteiger partial charge in [0.25, 0.3) is 0 Å². The summed E-state index contributed by atoms with van der Waals surface area (Å²) in [6, 6.07) is 26.9. The summed E-state index contributed by atoms with van der Waals surface area (Å²) in [5.41, 5.74) is 9.81. The van der Waals surface area contributed by atoms with Gasteiger partial charge in [0.2, 0.25) is 11.8 Å². The molecule has 0 spiro atoms. The Balaban J connectivity index is 1.39. The number of nitrogens with zero attached hydrogens (tertiary/aromatic N) is 2. The van der Waals surface area contributed by atoms with Gasteiger partial charge >= 0.3 is 0 Å².